The van der Waals surface area contributed by atoms with Crippen LogP contribution in [0.4, 0.5) is 14.5 Å². The largest absolute Gasteiger partial charge is 0.506 e. The van der Waals surface area contributed by atoms with Gasteiger partial charge in [-0.3, -0.25) is 4.79 Å². The first-order valence-electron chi connectivity index (χ1n) is 6.23. The lowest BCUT2D eigenvalue weighted by Crippen LogP contribution is -2.12. The lowest BCUT2D eigenvalue weighted by molar-refractivity contribution is -0.0512. The number of phenolic OH excluding ortho intramolecular Hbond substituents is 1. The molecule has 0 aromatic heterocycles. The van der Waals surface area contributed by atoms with Gasteiger partial charge in [-0.2, -0.15) is 8.78 Å². The van der Waals surface area contributed by atoms with Gasteiger partial charge in [0.15, 0.2) is 11.5 Å². The maximum Gasteiger partial charge on any atom is 0.387 e. The number of amides is 1. The third-order valence-electron chi connectivity index (χ3n) is 2.79. The van der Waals surface area contributed by atoms with Gasteiger partial charge in [0.25, 0.3) is 5.91 Å². The van der Waals surface area contributed by atoms with E-state index >= 15 is 0 Å². The van der Waals surface area contributed by atoms with E-state index in [4.69, 9.17) is 4.74 Å². The molecule has 0 radical (unpaired) electrons. The minimum absolute atomic E-state index is 0.00485. The average Bonchev–Trinajstić information content (AvgIpc) is 2.49. The van der Waals surface area contributed by atoms with Crippen LogP contribution in [0.2, 0.25) is 0 Å². The highest BCUT2D eigenvalue weighted by molar-refractivity contribution is 6.05. The van der Waals surface area contributed by atoms with Crippen molar-refractivity contribution in [2.24, 2.45) is 0 Å². The van der Waals surface area contributed by atoms with Crippen molar-refractivity contribution in [1.29, 1.82) is 0 Å². The number of phenols is 1. The Labute approximate surface area is 125 Å². The second-order valence-corrected chi connectivity index (χ2v) is 4.22. The van der Waals surface area contributed by atoms with Crippen LogP contribution >= 0.6 is 0 Å². The number of aromatic hydroxyl groups is 1. The van der Waals surface area contributed by atoms with Gasteiger partial charge in [-0.1, -0.05) is 12.1 Å². The van der Waals surface area contributed by atoms with Crippen LogP contribution in [-0.4, -0.2) is 24.7 Å². The van der Waals surface area contributed by atoms with Gasteiger partial charge in [-0.15, -0.1) is 0 Å². The number of carbonyl (C=O) groups is 1. The maximum atomic E-state index is 12.2. The number of alkyl halides is 2. The van der Waals surface area contributed by atoms with Crippen LogP contribution in [0.5, 0.6) is 17.2 Å². The summed E-state index contributed by atoms with van der Waals surface area (Å²) < 4.78 is 33.7. The van der Waals surface area contributed by atoms with Gasteiger partial charge >= 0.3 is 6.61 Å². The van der Waals surface area contributed by atoms with E-state index in [1.54, 1.807) is 12.1 Å². The molecule has 2 rings (SSSR count). The monoisotopic (exact) mass is 309 g/mol. The minimum atomic E-state index is -2.99. The molecule has 2 aromatic rings. The number of nitrogens with one attached hydrogen (secondary N) is 1. The topological polar surface area (TPSA) is 67.8 Å². The fourth-order valence-electron chi connectivity index (χ4n) is 1.78. The van der Waals surface area contributed by atoms with Crippen molar-refractivity contribution in [2.75, 3.05) is 12.4 Å². The number of rotatable bonds is 5. The smallest absolute Gasteiger partial charge is 0.387 e. The summed E-state index contributed by atoms with van der Waals surface area (Å²) in [6, 6.07) is 10.0. The van der Waals surface area contributed by atoms with Crippen LogP contribution in [0, 0.1) is 0 Å². The molecule has 2 aromatic carbocycles. The number of ether oxygens (including phenoxy) is 2. The van der Waals surface area contributed by atoms with E-state index in [1.165, 1.54) is 37.4 Å². The van der Waals surface area contributed by atoms with E-state index in [1.807, 2.05) is 0 Å². The zero-order valence-electron chi connectivity index (χ0n) is 11.5. The highest BCUT2D eigenvalue weighted by Gasteiger charge is 2.15. The van der Waals surface area contributed by atoms with Gasteiger partial charge in [0.2, 0.25) is 0 Å². The number of carbonyl (C=O) groups excluding carboxylic acids is 1. The Morgan fingerprint density at radius 3 is 2.55 bits per heavy atom. The third kappa shape index (κ3) is 3.63. The number of benzene rings is 2. The standard InChI is InChI=1S/C15H13F2NO4/c1-21-13-8-9(6-7-12(13)22-15(16)17)14(20)18-10-4-2-3-5-11(10)19/h2-8,15,19H,1H3,(H,18,20). The predicted molar refractivity (Wildman–Crippen MR) is 75.7 cm³/mol. The normalized spacial score (nSPS) is 10.4. The molecule has 0 saturated heterocycles. The van der Waals surface area contributed by atoms with Crippen LogP contribution in [-0.2, 0) is 0 Å². The Hall–Kier alpha value is -2.83. The van der Waals surface area contributed by atoms with Crippen LogP contribution in [0.15, 0.2) is 42.5 Å². The van der Waals surface area contributed by atoms with Crippen LogP contribution in [0.1, 0.15) is 10.4 Å². The molecule has 0 heterocycles. The molecule has 0 unspecified atom stereocenters. The Morgan fingerprint density at radius 1 is 1.18 bits per heavy atom. The van der Waals surface area contributed by atoms with Gasteiger partial charge in [0.05, 0.1) is 12.8 Å². The molecule has 7 heteroatoms. The summed E-state index contributed by atoms with van der Waals surface area (Å²) in [7, 11) is 1.28. The quantitative estimate of drug-likeness (QED) is 0.832. The molecule has 0 aliphatic heterocycles. The first-order valence-corrected chi connectivity index (χ1v) is 6.23. The molecule has 0 aliphatic rings. The molecule has 0 spiro atoms. The summed E-state index contributed by atoms with van der Waals surface area (Å²) in [4.78, 5) is 12.1. The highest BCUT2D eigenvalue weighted by atomic mass is 19.3. The second-order valence-electron chi connectivity index (χ2n) is 4.22. The summed E-state index contributed by atoms with van der Waals surface area (Å²) in [5.74, 6) is -0.772. The van der Waals surface area contributed by atoms with Gasteiger partial charge in [0, 0.05) is 5.56 Å². The molecule has 2 N–H and O–H groups in total. The number of halogens is 2. The van der Waals surface area contributed by atoms with Crippen molar-refractivity contribution < 1.29 is 28.2 Å². The lowest BCUT2D eigenvalue weighted by atomic mass is 10.1. The molecular weight excluding hydrogens is 296 g/mol. The van der Waals surface area contributed by atoms with Gasteiger partial charge in [-0.25, -0.2) is 0 Å². The van der Waals surface area contributed by atoms with Crippen molar-refractivity contribution in [2.45, 2.75) is 6.61 Å². The van der Waals surface area contributed by atoms with E-state index in [9.17, 15) is 18.7 Å². The third-order valence-corrected chi connectivity index (χ3v) is 2.79. The number of methoxy groups -OCH3 is 1. The van der Waals surface area contributed by atoms with Crippen molar-refractivity contribution in [3.8, 4) is 17.2 Å². The molecule has 0 fully saturated rings. The molecule has 1 amide bonds. The minimum Gasteiger partial charge on any atom is -0.506 e. The number of anilines is 1. The molecule has 5 nitrogen and oxygen atoms in total. The van der Waals surface area contributed by atoms with E-state index in [0.717, 1.165) is 0 Å². The van der Waals surface area contributed by atoms with E-state index in [0.29, 0.717) is 0 Å². The summed E-state index contributed by atoms with van der Waals surface area (Å²) >= 11 is 0. The van der Waals surface area contributed by atoms with Crippen molar-refractivity contribution >= 4 is 11.6 Å². The van der Waals surface area contributed by atoms with Gasteiger partial charge < -0.3 is 19.9 Å². The predicted octanol–water partition coefficient (Wildman–Crippen LogP) is 3.25. The fourth-order valence-corrected chi connectivity index (χ4v) is 1.78. The van der Waals surface area contributed by atoms with Gasteiger partial charge in [-0.05, 0) is 30.3 Å². The summed E-state index contributed by atoms with van der Waals surface area (Å²) in [6.07, 6.45) is 0. The van der Waals surface area contributed by atoms with E-state index in [-0.39, 0.29) is 28.5 Å². The Balaban J connectivity index is 2.21. The SMILES string of the molecule is COc1cc(C(=O)Nc2ccccc2O)ccc1OC(F)F. The van der Waals surface area contributed by atoms with Crippen molar-refractivity contribution in [3.05, 3.63) is 48.0 Å². The molecular formula is C15H13F2NO4. The highest BCUT2D eigenvalue weighted by Crippen LogP contribution is 2.30. The molecule has 22 heavy (non-hydrogen) atoms. The lowest BCUT2D eigenvalue weighted by Gasteiger charge is -2.12. The second kappa shape index (κ2) is 6.75. The van der Waals surface area contributed by atoms with Crippen molar-refractivity contribution in [1.82, 2.24) is 0 Å². The molecule has 0 bridgehead atoms. The first kappa shape index (κ1) is 15.6. The summed E-state index contributed by atoms with van der Waals surface area (Å²) in [5.41, 5.74) is 0.404. The van der Waals surface area contributed by atoms with Crippen LogP contribution in [0.25, 0.3) is 0 Å². The number of para-hydroxylation sites is 2. The van der Waals surface area contributed by atoms with Crippen LogP contribution in [0.3, 0.4) is 0 Å². The molecule has 0 aliphatic carbocycles. The van der Waals surface area contributed by atoms with Crippen LogP contribution < -0.4 is 14.8 Å². The Morgan fingerprint density at radius 2 is 1.91 bits per heavy atom. The Bertz CT molecular complexity index is 676. The number of hydrogen-bond acceptors (Lipinski definition) is 4. The zero-order valence-corrected chi connectivity index (χ0v) is 11.5. The van der Waals surface area contributed by atoms with Crippen molar-refractivity contribution in [3.63, 3.8) is 0 Å². The Kier molecular flexibility index (Phi) is 4.77. The molecule has 0 saturated carbocycles. The fraction of sp³-hybridized carbons (Fsp3) is 0.133. The summed E-state index contributed by atoms with van der Waals surface area (Å²) in [6.45, 7) is -2.99. The maximum absolute atomic E-state index is 12.2. The van der Waals surface area contributed by atoms with E-state index in [2.05, 4.69) is 10.1 Å². The van der Waals surface area contributed by atoms with Gasteiger partial charge in [0.1, 0.15) is 5.75 Å². The average molecular weight is 309 g/mol. The summed E-state index contributed by atoms with van der Waals surface area (Å²) in [5, 5.41) is 12.1. The zero-order chi connectivity index (χ0) is 16.1. The molecule has 116 valence electrons. The number of hydrogen-bond donors (Lipinski definition) is 2. The first-order chi connectivity index (χ1) is 10.5. The van der Waals surface area contributed by atoms with E-state index < -0.39 is 12.5 Å². The molecule has 0 atom stereocenters.